The zero-order valence-electron chi connectivity index (χ0n) is 17.2. The van der Waals surface area contributed by atoms with Crippen LogP contribution in [0, 0.1) is 5.82 Å². The molecule has 0 radical (unpaired) electrons. The highest BCUT2D eigenvalue weighted by atomic mass is 19.1. The normalized spacial score (nSPS) is 19.6. The summed E-state index contributed by atoms with van der Waals surface area (Å²) in [7, 11) is 1.80. The number of halogens is 1. The quantitative estimate of drug-likeness (QED) is 0.573. The van der Waals surface area contributed by atoms with Gasteiger partial charge < -0.3 is 15.5 Å². The second-order valence-corrected chi connectivity index (χ2v) is 8.18. The van der Waals surface area contributed by atoms with Crippen LogP contribution in [0.3, 0.4) is 0 Å². The van der Waals surface area contributed by atoms with Crippen molar-refractivity contribution < 1.29 is 9.18 Å². The number of rotatable bonds is 6. The predicted molar refractivity (Wildman–Crippen MR) is 110 cm³/mol. The number of benzene rings is 1. The first-order valence-corrected chi connectivity index (χ1v) is 10.2. The fourth-order valence-corrected chi connectivity index (χ4v) is 3.81. The number of amides is 1. The standard InChI is InChI=1S/C21H32FN5O/c1-16(2)25-19(28)14-26-9-11-27(12-10-26)20(23-3)24-15-21(7-8-21)17-5-4-6-18(22)13-17/h4-6,13,16H,7-12,14-15H2,1-3H3,(H,23,24)(H,25,28). The van der Waals surface area contributed by atoms with Gasteiger partial charge in [0.15, 0.2) is 5.96 Å². The minimum atomic E-state index is -0.175. The highest BCUT2D eigenvalue weighted by Gasteiger charge is 2.44. The molecule has 1 heterocycles. The van der Waals surface area contributed by atoms with Gasteiger partial charge in [-0.1, -0.05) is 12.1 Å². The van der Waals surface area contributed by atoms with Crippen LogP contribution in [0.5, 0.6) is 0 Å². The summed E-state index contributed by atoms with van der Waals surface area (Å²) >= 11 is 0. The van der Waals surface area contributed by atoms with E-state index in [0.717, 1.165) is 57.1 Å². The van der Waals surface area contributed by atoms with Gasteiger partial charge in [0, 0.05) is 51.2 Å². The molecule has 154 valence electrons. The van der Waals surface area contributed by atoms with Crippen molar-refractivity contribution in [2.45, 2.75) is 38.1 Å². The van der Waals surface area contributed by atoms with Crippen molar-refractivity contribution in [1.29, 1.82) is 0 Å². The zero-order valence-corrected chi connectivity index (χ0v) is 17.2. The van der Waals surface area contributed by atoms with Crippen molar-refractivity contribution in [1.82, 2.24) is 20.4 Å². The van der Waals surface area contributed by atoms with Crippen molar-refractivity contribution in [2.75, 3.05) is 46.3 Å². The smallest absolute Gasteiger partial charge is 0.234 e. The Kier molecular flexibility index (Phi) is 6.54. The van der Waals surface area contributed by atoms with Crippen molar-refractivity contribution in [2.24, 2.45) is 4.99 Å². The van der Waals surface area contributed by atoms with Gasteiger partial charge in [-0.3, -0.25) is 14.7 Å². The monoisotopic (exact) mass is 389 g/mol. The molecule has 2 fully saturated rings. The van der Waals surface area contributed by atoms with Gasteiger partial charge in [0.2, 0.25) is 5.91 Å². The molecule has 2 N–H and O–H groups in total. The van der Waals surface area contributed by atoms with Crippen LogP contribution >= 0.6 is 0 Å². The molecule has 0 bridgehead atoms. The number of piperazine rings is 1. The van der Waals surface area contributed by atoms with Crippen LogP contribution in [0.2, 0.25) is 0 Å². The average Bonchev–Trinajstić information content (AvgIpc) is 3.44. The molecule has 3 rings (SSSR count). The number of nitrogens with zero attached hydrogens (tertiary/aromatic N) is 3. The summed E-state index contributed by atoms with van der Waals surface area (Å²) < 4.78 is 13.6. The number of hydrogen-bond donors (Lipinski definition) is 2. The fourth-order valence-electron chi connectivity index (χ4n) is 3.81. The van der Waals surface area contributed by atoms with Gasteiger partial charge in [-0.2, -0.15) is 0 Å². The van der Waals surface area contributed by atoms with Crippen LogP contribution in [0.15, 0.2) is 29.3 Å². The highest BCUT2D eigenvalue weighted by Crippen LogP contribution is 2.47. The van der Waals surface area contributed by atoms with E-state index >= 15 is 0 Å². The lowest BCUT2D eigenvalue weighted by Gasteiger charge is -2.36. The first-order valence-electron chi connectivity index (χ1n) is 10.2. The highest BCUT2D eigenvalue weighted by molar-refractivity contribution is 5.80. The number of guanidine groups is 1. The van der Waals surface area contributed by atoms with Crippen LogP contribution in [-0.4, -0.2) is 74.0 Å². The van der Waals surface area contributed by atoms with E-state index < -0.39 is 0 Å². The van der Waals surface area contributed by atoms with E-state index in [9.17, 15) is 9.18 Å². The molecule has 0 aromatic heterocycles. The molecule has 1 aliphatic heterocycles. The van der Waals surface area contributed by atoms with Crippen LogP contribution in [0.4, 0.5) is 4.39 Å². The minimum absolute atomic E-state index is 0.0226. The van der Waals surface area contributed by atoms with E-state index in [-0.39, 0.29) is 23.2 Å². The Labute approximate surface area is 167 Å². The molecule has 1 saturated carbocycles. The number of carbonyl (C=O) groups is 1. The van der Waals surface area contributed by atoms with E-state index in [2.05, 4.69) is 25.4 Å². The van der Waals surface area contributed by atoms with E-state index in [1.165, 1.54) is 6.07 Å². The SMILES string of the molecule is CN=C(NCC1(c2cccc(F)c2)CC1)N1CCN(CC(=O)NC(C)C)CC1. The lowest BCUT2D eigenvalue weighted by molar-refractivity contribution is -0.123. The Morgan fingerprint density at radius 3 is 2.54 bits per heavy atom. The van der Waals surface area contributed by atoms with Gasteiger partial charge in [0.05, 0.1) is 6.54 Å². The molecule has 1 aromatic rings. The van der Waals surface area contributed by atoms with Crippen molar-refractivity contribution in [3.63, 3.8) is 0 Å². The van der Waals surface area contributed by atoms with Crippen LogP contribution in [-0.2, 0) is 10.2 Å². The second kappa shape index (κ2) is 8.90. The molecular formula is C21H32FN5O. The summed E-state index contributed by atoms with van der Waals surface area (Å²) in [6.45, 7) is 8.50. The van der Waals surface area contributed by atoms with Gasteiger partial charge in [0.25, 0.3) is 0 Å². The lowest BCUT2D eigenvalue weighted by Crippen LogP contribution is -2.54. The Bertz CT molecular complexity index is 709. The molecule has 1 aliphatic carbocycles. The molecule has 0 atom stereocenters. The topological polar surface area (TPSA) is 60.0 Å². The van der Waals surface area contributed by atoms with Gasteiger partial charge in [-0.15, -0.1) is 0 Å². The number of hydrogen-bond acceptors (Lipinski definition) is 3. The summed E-state index contributed by atoms with van der Waals surface area (Å²) in [5.41, 5.74) is 1.09. The third-order valence-corrected chi connectivity index (χ3v) is 5.58. The molecule has 1 amide bonds. The number of aliphatic imine (C=N–C) groups is 1. The molecule has 7 heteroatoms. The van der Waals surface area contributed by atoms with Gasteiger partial charge >= 0.3 is 0 Å². The molecule has 28 heavy (non-hydrogen) atoms. The second-order valence-electron chi connectivity index (χ2n) is 8.18. The van der Waals surface area contributed by atoms with E-state index in [4.69, 9.17) is 0 Å². The van der Waals surface area contributed by atoms with Gasteiger partial charge in [-0.05, 0) is 44.4 Å². The lowest BCUT2D eigenvalue weighted by atomic mass is 9.96. The van der Waals surface area contributed by atoms with Crippen molar-refractivity contribution >= 4 is 11.9 Å². The van der Waals surface area contributed by atoms with Crippen molar-refractivity contribution in [3.8, 4) is 0 Å². The van der Waals surface area contributed by atoms with Gasteiger partial charge in [0.1, 0.15) is 5.82 Å². The summed E-state index contributed by atoms with van der Waals surface area (Å²) in [6.07, 6.45) is 2.14. The Morgan fingerprint density at radius 2 is 1.96 bits per heavy atom. The summed E-state index contributed by atoms with van der Waals surface area (Å²) in [5.74, 6) is 0.788. The minimum Gasteiger partial charge on any atom is -0.355 e. The number of carbonyl (C=O) groups excluding carboxylic acids is 1. The molecule has 1 saturated heterocycles. The summed E-state index contributed by atoms with van der Waals surface area (Å²) in [4.78, 5) is 20.8. The molecule has 1 aromatic carbocycles. The van der Waals surface area contributed by atoms with Crippen LogP contribution in [0.25, 0.3) is 0 Å². The average molecular weight is 390 g/mol. The van der Waals surface area contributed by atoms with Gasteiger partial charge in [-0.25, -0.2) is 4.39 Å². The number of nitrogens with one attached hydrogen (secondary N) is 2. The molecular weight excluding hydrogens is 357 g/mol. The maximum absolute atomic E-state index is 13.6. The van der Waals surface area contributed by atoms with E-state index in [1.54, 1.807) is 19.2 Å². The Morgan fingerprint density at radius 1 is 1.25 bits per heavy atom. The van der Waals surface area contributed by atoms with Crippen LogP contribution in [0.1, 0.15) is 32.3 Å². The first kappa shape index (κ1) is 20.6. The van der Waals surface area contributed by atoms with Crippen molar-refractivity contribution in [3.05, 3.63) is 35.6 Å². The zero-order chi connectivity index (χ0) is 20.1. The third-order valence-electron chi connectivity index (χ3n) is 5.58. The molecule has 0 spiro atoms. The molecule has 6 nitrogen and oxygen atoms in total. The summed E-state index contributed by atoms with van der Waals surface area (Å²) in [6, 6.07) is 7.12. The first-order chi connectivity index (χ1) is 13.4. The molecule has 0 unspecified atom stereocenters. The van der Waals surface area contributed by atoms with Crippen LogP contribution < -0.4 is 10.6 Å². The Hall–Kier alpha value is -2.15. The molecule has 2 aliphatic rings. The fraction of sp³-hybridized carbons (Fsp3) is 0.619. The third kappa shape index (κ3) is 5.22. The predicted octanol–water partition coefficient (Wildman–Crippen LogP) is 1.57. The van der Waals surface area contributed by atoms with E-state index in [1.807, 2.05) is 19.9 Å². The maximum atomic E-state index is 13.6. The van der Waals surface area contributed by atoms with E-state index in [0.29, 0.717) is 6.54 Å². The summed E-state index contributed by atoms with van der Waals surface area (Å²) in [5, 5.41) is 6.44. The largest absolute Gasteiger partial charge is 0.355 e. The maximum Gasteiger partial charge on any atom is 0.234 e. The Balaban J connectivity index is 1.48.